The molecular weight excluding hydrogens is 421 g/mol. The number of H-pyrrole nitrogens is 1. The van der Waals surface area contributed by atoms with Crippen molar-refractivity contribution in [2.24, 2.45) is 0 Å². The fourth-order valence-electron chi connectivity index (χ4n) is 3.03. The van der Waals surface area contributed by atoms with Gasteiger partial charge in [0.05, 0.1) is 12.2 Å². The molecule has 0 aliphatic heterocycles. The lowest BCUT2D eigenvalue weighted by Crippen LogP contribution is -2.32. The summed E-state index contributed by atoms with van der Waals surface area (Å²) in [6.07, 6.45) is 0. The van der Waals surface area contributed by atoms with Gasteiger partial charge in [-0.2, -0.15) is 0 Å². The Morgan fingerprint density at radius 1 is 1.26 bits per heavy atom. The van der Waals surface area contributed by atoms with Gasteiger partial charge in [0.25, 0.3) is 11.5 Å². The molecule has 3 aromatic rings. The maximum Gasteiger partial charge on any atom is 0.321 e. The second-order valence-electron chi connectivity index (χ2n) is 7.08. The first-order valence-electron chi connectivity index (χ1n) is 9.42. The first-order valence-corrected chi connectivity index (χ1v) is 10.3. The van der Waals surface area contributed by atoms with Gasteiger partial charge in [-0.1, -0.05) is 12.1 Å². The van der Waals surface area contributed by atoms with E-state index >= 15 is 0 Å². The average Bonchev–Trinajstić information content (AvgIpc) is 3.12. The Hall–Kier alpha value is -3.53. The van der Waals surface area contributed by atoms with E-state index in [1.807, 2.05) is 0 Å². The van der Waals surface area contributed by atoms with Gasteiger partial charge >= 0.3 is 6.03 Å². The SMILES string of the molecule is Cc1cc(C)c(C(=O)N(C)Cc2csc(NC(=O)NCc3cccc(F)c3)n2)c(=O)[nH]1. The number of thiazole rings is 1. The molecule has 0 unspecified atom stereocenters. The normalized spacial score (nSPS) is 10.6. The van der Waals surface area contributed by atoms with E-state index in [2.05, 4.69) is 20.6 Å². The van der Waals surface area contributed by atoms with Crippen molar-refractivity contribution < 1.29 is 14.0 Å². The number of aromatic amines is 1. The second-order valence-corrected chi connectivity index (χ2v) is 7.94. The largest absolute Gasteiger partial charge is 0.336 e. The summed E-state index contributed by atoms with van der Waals surface area (Å²) < 4.78 is 13.2. The molecule has 1 aromatic carbocycles. The molecule has 3 amide bonds. The Balaban J connectivity index is 1.57. The van der Waals surface area contributed by atoms with E-state index in [1.54, 1.807) is 44.5 Å². The van der Waals surface area contributed by atoms with Crippen LogP contribution >= 0.6 is 11.3 Å². The van der Waals surface area contributed by atoms with Gasteiger partial charge in [0.2, 0.25) is 0 Å². The van der Waals surface area contributed by atoms with Crippen LogP contribution in [-0.4, -0.2) is 33.9 Å². The van der Waals surface area contributed by atoms with Crippen LogP contribution < -0.4 is 16.2 Å². The molecule has 0 bridgehead atoms. The molecule has 31 heavy (non-hydrogen) atoms. The van der Waals surface area contributed by atoms with Crippen LogP contribution in [0.25, 0.3) is 0 Å². The topological polar surface area (TPSA) is 107 Å². The number of nitrogens with zero attached hydrogens (tertiary/aromatic N) is 2. The summed E-state index contributed by atoms with van der Waals surface area (Å²) in [6.45, 7) is 3.82. The summed E-state index contributed by atoms with van der Waals surface area (Å²) in [7, 11) is 1.58. The first kappa shape index (κ1) is 22.2. The van der Waals surface area contributed by atoms with Gasteiger partial charge in [-0.05, 0) is 43.2 Å². The van der Waals surface area contributed by atoms with Gasteiger partial charge in [-0.25, -0.2) is 14.2 Å². The van der Waals surface area contributed by atoms with Crippen LogP contribution in [0.5, 0.6) is 0 Å². The third-order valence-corrected chi connectivity index (χ3v) is 5.25. The number of hydrogen-bond acceptors (Lipinski definition) is 5. The molecule has 10 heteroatoms. The van der Waals surface area contributed by atoms with Crippen molar-refractivity contribution >= 4 is 28.4 Å². The molecule has 0 aliphatic carbocycles. The number of hydrogen-bond donors (Lipinski definition) is 3. The third kappa shape index (κ3) is 5.76. The lowest BCUT2D eigenvalue weighted by molar-refractivity contribution is 0.0781. The molecule has 8 nitrogen and oxygen atoms in total. The number of carbonyl (C=O) groups excluding carboxylic acids is 2. The Morgan fingerprint density at radius 3 is 2.74 bits per heavy atom. The van der Waals surface area contributed by atoms with E-state index in [9.17, 15) is 18.8 Å². The minimum Gasteiger partial charge on any atom is -0.336 e. The van der Waals surface area contributed by atoms with E-state index < -0.39 is 17.5 Å². The number of nitrogens with one attached hydrogen (secondary N) is 3. The number of amides is 3. The lowest BCUT2D eigenvalue weighted by atomic mass is 10.1. The van der Waals surface area contributed by atoms with Crippen molar-refractivity contribution in [1.82, 2.24) is 20.2 Å². The smallest absolute Gasteiger partial charge is 0.321 e. The van der Waals surface area contributed by atoms with Crippen molar-refractivity contribution in [2.75, 3.05) is 12.4 Å². The predicted molar refractivity (Wildman–Crippen MR) is 117 cm³/mol. The Bertz CT molecular complexity index is 1170. The monoisotopic (exact) mass is 443 g/mol. The van der Waals surface area contributed by atoms with E-state index in [4.69, 9.17) is 0 Å². The summed E-state index contributed by atoms with van der Waals surface area (Å²) in [5, 5.41) is 7.32. The molecular formula is C21H22FN5O3S. The molecule has 2 aromatic heterocycles. The van der Waals surface area contributed by atoms with Crippen molar-refractivity contribution in [2.45, 2.75) is 26.9 Å². The van der Waals surface area contributed by atoms with Crippen LogP contribution in [0.4, 0.5) is 14.3 Å². The predicted octanol–water partition coefficient (Wildman–Crippen LogP) is 3.18. The van der Waals surface area contributed by atoms with Crippen LogP contribution in [0, 0.1) is 19.7 Å². The number of carbonyl (C=O) groups is 2. The fourth-order valence-corrected chi connectivity index (χ4v) is 3.73. The number of rotatable bonds is 6. The van der Waals surface area contributed by atoms with E-state index in [1.165, 1.54) is 28.4 Å². The zero-order valence-electron chi connectivity index (χ0n) is 17.3. The lowest BCUT2D eigenvalue weighted by Gasteiger charge is -2.16. The first-order chi connectivity index (χ1) is 14.7. The summed E-state index contributed by atoms with van der Waals surface area (Å²) in [5.41, 5.74) is 2.17. The molecule has 0 spiro atoms. The van der Waals surface area contributed by atoms with Crippen molar-refractivity contribution in [1.29, 1.82) is 0 Å². The number of aryl methyl sites for hydroxylation is 2. The summed E-state index contributed by atoms with van der Waals surface area (Å²) >= 11 is 1.21. The summed E-state index contributed by atoms with van der Waals surface area (Å²) in [5.74, 6) is -0.778. The number of anilines is 1. The van der Waals surface area contributed by atoms with Crippen LogP contribution in [0.15, 0.2) is 40.5 Å². The Morgan fingerprint density at radius 2 is 2.03 bits per heavy atom. The van der Waals surface area contributed by atoms with Crippen LogP contribution in [0.1, 0.15) is 32.9 Å². The van der Waals surface area contributed by atoms with Crippen LogP contribution in [0.3, 0.4) is 0 Å². The molecule has 0 atom stereocenters. The number of urea groups is 1. The molecule has 0 saturated heterocycles. The van der Waals surface area contributed by atoms with Crippen molar-refractivity contribution in [3.8, 4) is 0 Å². The highest BCUT2D eigenvalue weighted by atomic mass is 32.1. The van der Waals surface area contributed by atoms with Crippen molar-refractivity contribution in [3.05, 3.63) is 80.0 Å². The standard InChI is InChI=1S/C21H22FN5O3S/c1-12-7-13(2)24-18(28)17(12)19(29)27(3)10-16-11-31-21(25-16)26-20(30)23-9-14-5-4-6-15(22)8-14/h4-8,11H,9-10H2,1-3H3,(H,24,28)(H2,23,25,26,30). The molecule has 0 saturated carbocycles. The third-order valence-electron chi connectivity index (χ3n) is 4.44. The molecule has 0 radical (unpaired) electrons. The van der Waals surface area contributed by atoms with Gasteiger partial charge in [-0.15, -0.1) is 11.3 Å². The number of benzene rings is 1. The maximum absolute atomic E-state index is 13.2. The highest BCUT2D eigenvalue weighted by Gasteiger charge is 2.19. The fraction of sp³-hybridized carbons (Fsp3) is 0.238. The molecule has 162 valence electrons. The highest BCUT2D eigenvalue weighted by Crippen LogP contribution is 2.17. The van der Waals surface area contributed by atoms with Gasteiger partial charge in [0.1, 0.15) is 11.4 Å². The molecule has 2 heterocycles. The van der Waals surface area contributed by atoms with Crippen LogP contribution in [0.2, 0.25) is 0 Å². The van der Waals surface area contributed by atoms with Gasteiger partial charge < -0.3 is 15.2 Å². The quantitative estimate of drug-likeness (QED) is 0.544. The Kier molecular flexibility index (Phi) is 6.81. The number of aromatic nitrogens is 2. The van der Waals surface area contributed by atoms with Gasteiger partial charge in [-0.3, -0.25) is 14.9 Å². The van der Waals surface area contributed by atoms with E-state index in [0.29, 0.717) is 27.6 Å². The highest BCUT2D eigenvalue weighted by molar-refractivity contribution is 7.13. The minimum absolute atomic E-state index is 0.0957. The average molecular weight is 444 g/mol. The Labute approximate surface area is 182 Å². The van der Waals surface area contributed by atoms with Gasteiger partial charge in [0, 0.05) is 24.7 Å². The zero-order chi connectivity index (χ0) is 22.5. The molecule has 3 N–H and O–H groups in total. The van der Waals surface area contributed by atoms with Crippen LogP contribution in [-0.2, 0) is 13.1 Å². The molecule has 0 aliphatic rings. The second kappa shape index (κ2) is 9.52. The van der Waals surface area contributed by atoms with Crippen molar-refractivity contribution in [3.63, 3.8) is 0 Å². The van der Waals surface area contributed by atoms with Gasteiger partial charge in [0.15, 0.2) is 5.13 Å². The molecule has 0 fully saturated rings. The van der Waals surface area contributed by atoms with E-state index in [0.717, 1.165) is 0 Å². The molecule has 3 rings (SSSR count). The summed E-state index contributed by atoms with van der Waals surface area (Å²) in [6, 6.07) is 7.22. The summed E-state index contributed by atoms with van der Waals surface area (Å²) in [4.78, 5) is 45.3. The number of pyridine rings is 1. The minimum atomic E-state index is -0.476. The zero-order valence-corrected chi connectivity index (χ0v) is 18.1. The van der Waals surface area contributed by atoms with E-state index in [-0.39, 0.29) is 24.5 Å². The maximum atomic E-state index is 13.2. The number of halogens is 1.